The third-order valence-corrected chi connectivity index (χ3v) is 6.29. The molecule has 2 aliphatic rings. The Bertz CT molecular complexity index is 547. The number of hydrogen-bond acceptors (Lipinski definition) is 4. The van der Waals surface area contributed by atoms with Crippen LogP contribution in [0.3, 0.4) is 0 Å². The SMILES string of the molecule is CN(C(=O)N1CCCC(C)(C(=O)O)C1)C1CCS(=O)(=O)C1. The van der Waals surface area contributed by atoms with Crippen molar-refractivity contribution in [3.05, 3.63) is 0 Å². The fourth-order valence-electron chi connectivity index (χ4n) is 3.04. The molecule has 1 N–H and O–H groups in total. The van der Waals surface area contributed by atoms with Gasteiger partial charge in [-0.1, -0.05) is 0 Å². The summed E-state index contributed by atoms with van der Waals surface area (Å²) in [4.78, 5) is 26.8. The monoisotopic (exact) mass is 318 g/mol. The molecule has 0 saturated carbocycles. The third-order valence-electron chi connectivity index (χ3n) is 4.54. The first kappa shape index (κ1) is 16.1. The summed E-state index contributed by atoms with van der Waals surface area (Å²) in [6.45, 7) is 2.34. The number of carbonyl (C=O) groups is 2. The Morgan fingerprint density at radius 2 is 2.05 bits per heavy atom. The van der Waals surface area contributed by atoms with E-state index < -0.39 is 21.2 Å². The molecule has 8 heteroatoms. The van der Waals surface area contributed by atoms with Crippen LogP contribution in [-0.4, -0.2) is 73.0 Å². The highest BCUT2D eigenvalue weighted by Crippen LogP contribution is 2.30. The summed E-state index contributed by atoms with van der Waals surface area (Å²) < 4.78 is 23.0. The Kier molecular flexibility index (Phi) is 4.19. The van der Waals surface area contributed by atoms with E-state index in [0.717, 1.165) is 0 Å². The maximum atomic E-state index is 12.5. The number of urea groups is 1. The first-order chi connectivity index (χ1) is 9.65. The summed E-state index contributed by atoms with van der Waals surface area (Å²) in [6, 6.07) is -0.579. The number of nitrogens with zero attached hydrogens (tertiary/aromatic N) is 2. The predicted octanol–water partition coefficient (Wildman–Crippen LogP) is 0.412. The Labute approximate surface area is 124 Å². The summed E-state index contributed by atoms with van der Waals surface area (Å²) >= 11 is 0. The summed E-state index contributed by atoms with van der Waals surface area (Å²) in [5.41, 5.74) is -0.920. The van der Waals surface area contributed by atoms with Crippen molar-refractivity contribution in [3.63, 3.8) is 0 Å². The molecule has 120 valence electrons. The van der Waals surface area contributed by atoms with E-state index in [-0.39, 0.29) is 30.1 Å². The van der Waals surface area contributed by atoms with E-state index >= 15 is 0 Å². The van der Waals surface area contributed by atoms with E-state index in [1.54, 1.807) is 14.0 Å². The second-order valence-corrected chi connectivity index (χ2v) is 8.57. The van der Waals surface area contributed by atoms with Crippen LogP contribution in [0.1, 0.15) is 26.2 Å². The topological polar surface area (TPSA) is 95.0 Å². The van der Waals surface area contributed by atoms with E-state index in [9.17, 15) is 23.1 Å². The minimum absolute atomic E-state index is 0.000716. The zero-order valence-corrected chi connectivity index (χ0v) is 13.2. The number of likely N-dealkylation sites (tertiary alicyclic amines) is 1. The summed E-state index contributed by atoms with van der Waals surface area (Å²) in [5.74, 6) is -0.785. The van der Waals surface area contributed by atoms with Crippen molar-refractivity contribution in [1.29, 1.82) is 0 Å². The van der Waals surface area contributed by atoms with E-state index in [0.29, 0.717) is 25.8 Å². The molecule has 7 nitrogen and oxygen atoms in total. The average Bonchev–Trinajstić information content (AvgIpc) is 2.77. The van der Waals surface area contributed by atoms with Crippen molar-refractivity contribution in [2.75, 3.05) is 31.6 Å². The standard InChI is InChI=1S/C13H22N2O5S/c1-13(11(16)17)5-3-6-15(9-13)12(18)14(2)10-4-7-21(19,20)8-10/h10H,3-9H2,1-2H3,(H,16,17). The molecule has 0 aromatic rings. The lowest BCUT2D eigenvalue weighted by atomic mass is 9.82. The second kappa shape index (κ2) is 5.47. The number of aliphatic carboxylic acids is 1. The first-order valence-electron chi connectivity index (χ1n) is 7.10. The summed E-state index contributed by atoms with van der Waals surface area (Å²) in [7, 11) is -1.45. The Balaban J connectivity index is 2.04. The van der Waals surface area contributed by atoms with Gasteiger partial charge in [-0.2, -0.15) is 0 Å². The molecular formula is C13H22N2O5S. The van der Waals surface area contributed by atoms with Gasteiger partial charge in [-0.05, 0) is 26.2 Å². The van der Waals surface area contributed by atoms with Gasteiger partial charge in [0.25, 0.3) is 0 Å². The van der Waals surface area contributed by atoms with Crippen LogP contribution in [0.25, 0.3) is 0 Å². The first-order valence-corrected chi connectivity index (χ1v) is 8.92. The predicted molar refractivity (Wildman–Crippen MR) is 76.8 cm³/mol. The molecule has 21 heavy (non-hydrogen) atoms. The van der Waals surface area contributed by atoms with Crippen LogP contribution in [-0.2, 0) is 14.6 Å². The van der Waals surface area contributed by atoms with Crippen molar-refractivity contribution in [2.24, 2.45) is 5.41 Å². The summed E-state index contributed by atoms with van der Waals surface area (Å²) in [5, 5.41) is 9.28. The zero-order chi connectivity index (χ0) is 15.8. The minimum Gasteiger partial charge on any atom is -0.481 e. The van der Waals surface area contributed by atoms with Gasteiger partial charge in [0.1, 0.15) is 0 Å². The fraction of sp³-hybridized carbons (Fsp3) is 0.846. The van der Waals surface area contributed by atoms with E-state index in [1.807, 2.05) is 0 Å². The molecule has 0 aromatic heterocycles. The molecule has 2 unspecified atom stereocenters. The highest BCUT2D eigenvalue weighted by atomic mass is 32.2. The second-order valence-electron chi connectivity index (χ2n) is 6.34. The molecular weight excluding hydrogens is 296 g/mol. The molecule has 0 bridgehead atoms. The Morgan fingerprint density at radius 1 is 1.38 bits per heavy atom. The Morgan fingerprint density at radius 3 is 2.57 bits per heavy atom. The van der Waals surface area contributed by atoms with Gasteiger partial charge in [0.15, 0.2) is 9.84 Å². The molecule has 0 radical (unpaired) electrons. The van der Waals surface area contributed by atoms with E-state index in [1.165, 1.54) is 9.80 Å². The molecule has 2 rings (SSSR count). The number of carbonyl (C=O) groups excluding carboxylic acids is 1. The number of piperidine rings is 1. The molecule has 0 spiro atoms. The normalized spacial score (nSPS) is 31.9. The number of amides is 2. The van der Waals surface area contributed by atoms with Crippen LogP contribution >= 0.6 is 0 Å². The van der Waals surface area contributed by atoms with Crippen molar-refractivity contribution in [1.82, 2.24) is 9.80 Å². The lowest BCUT2D eigenvalue weighted by Crippen LogP contribution is -2.53. The lowest BCUT2D eigenvalue weighted by molar-refractivity contribution is -0.150. The van der Waals surface area contributed by atoms with Gasteiger partial charge in [0, 0.05) is 26.2 Å². The maximum Gasteiger partial charge on any atom is 0.320 e. The highest BCUT2D eigenvalue weighted by Gasteiger charge is 2.41. The minimum atomic E-state index is -3.05. The molecule has 0 aliphatic carbocycles. The van der Waals surface area contributed by atoms with Crippen LogP contribution in [0.15, 0.2) is 0 Å². The molecule has 2 aliphatic heterocycles. The maximum absolute atomic E-state index is 12.5. The van der Waals surface area contributed by atoms with Gasteiger partial charge >= 0.3 is 12.0 Å². The average molecular weight is 318 g/mol. The van der Waals surface area contributed by atoms with Gasteiger partial charge in [-0.3, -0.25) is 4.79 Å². The Hall–Kier alpha value is -1.31. The van der Waals surface area contributed by atoms with Crippen molar-refractivity contribution >= 4 is 21.8 Å². The molecule has 2 fully saturated rings. The third kappa shape index (κ3) is 3.30. The van der Waals surface area contributed by atoms with Crippen LogP contribution in [0.4, 0.5) is 4.79 Å². The zero-order valence-electron chi connectivity index (χ0n) is 12.4. The number of carboxylic acids is 1. The quantitative estimate of drug-likeness (QED) is 0.796. The van der Waals surface area contributed by atoms with Gasteiger partial charge in [-0.25, -0.2) is 13.2 Å². The van der Waals surface area contributed by atoms with E-state index in [2.05, 4.69) is 0 Å². The number of sulfone groups is 1. The lowest BCUT2D eigenvalue weighted by Gasteiger charge is -2.40. The van der Waals surface area contributed by atoms with Crippen LogP contribution in [0.2, 0.25) is 0 Å². The largest absolute Gasteiger partial charge is 0.481 e. The summed E-state index contributed by atoms with van der Waals surface area (Å²) in [6.07, 6.45) is 1.65. The van der Waals surface area contributed by atoms with Gasteiger partial charge in [-0.15, -0.1) is 0 Å². The number of hydrogen-bond donors (Lipinski definition) is 1. The van der Waals surface area contributed by atoms with Crippen molar-refractivity contribution in [2.45, 2.75) is 32.2 Å². The van der Waals surface area contributed by atoms with Gasteiger partial charge in [0.2, 0.25) is 0 Å². The van der Waals surface area contributed by atoms with Crippen LogP contribution in [0.5, 0.6) is 0 Å². The van der Waals surface area contributed by atoms with E-state index in [4.69, 9.17) is 0 Å². The molecule has 2 heterocycles. The fourth-order valence-corrected chi connectivity index (χ4v) is 4.81. The van der Waals surface area contributed by atoms with Gasteiger partial charge < -0.3 is 14.9 Å². The molecule has 2 saturated heterocycles. The van der Waals surface area contributed by atoms with Crippen LogP contribution in [0, 0.1) is 5.41 Å². The molecule has 2 amide bonds. The van der Waals surface area contributed by atoms with Crippen LogP contribution < -0.4 is 0 Å². The smallest absolute Gasteiger partial charge is 0.320 e. The van der Waals surface area contributed by atoms with Gasteiger partial charge in [0.05, 0.1) is 16.9 Å². The number of carboxylic acid groups (broad SMARTS) is 1. The molecule has 2 atom stereocenters. The van der Waals surface area contributed by atoms with Crippen molar-refractivity contribution < 1.29 is 23.1 Å². The highest BCUT2D eigenvalue weighted by molar-refractivity contribution is 7.91. The molecule has 0 aromatic carbocycles. The number of rotatable bonds is 2. The van der Waals surface area contributed by atoms with Crippen molar-refractivity contribution in [3.8, 4) is 0 Å².